The summed E-state index contributed by atoms with van der Waals surface area (Å²) in [5, 5.41) is 0. The number of carbonyl (C=O) groups excluding carboxylic acids is 1. The van der Waals surface area contributed by atoms with Crippen molar-refractivity contribution in [3.05, 3.63) is 34.1 Å². The molecule has 0 aliphatic carbocycles. The summed E-state index contributed by atoms with van der Waals surface area (Å²) in [6, 6.07) is 4.75. The summed E-state index contributed by atoms with van der Waals surface area (Å²) in [6.45, 7) is 2.63. The molecule has 0 aromatic heterocycles. The van der Waals surface area contributed by atoms with Crippen LogP contribution in [0, 0.1) is 5.82 Å². The van der Waals surface area contributed by atoms with Gasteiger partial charge in [-0.15, -0.1) is 0 Å². The number of benzene rings is 1. The van der Waals surface area contributed by atoms with Gasteiger partial charge < -0.3 is 4.74 Å². The van der Waals surface area contributed by atoms with Crippen LogP contribution in [-0.2, 0) is 16.1 Å². The molecule has 0 bridgehead atoms. The minimum absolute atomic E-state index is 0.153. The van der Waals surface area contributed by atoms with Crippen LogP contribution in [0.5, 0.6) is 0 Å². The highest BCUT2D eigenvalue weighted by atomic mass is 79.9. The zero-order valence-corrected chi connectivity index (χ0v) is 11.5. The van der Waals surface area contributed by atoms with Gasteiger partial charge in [-0.3, -0.25) is 9.69 Å². The molecule has 0 radical (unpaired) electrons. The smallest absolute Gasteiger partial charge is 0.320 e. The van der Waals surface area contributed by atoms with Gasteiger partial charge in [-0.05, 0) is 32.2 Å². The molecule has 1 aromatic carbocycles. The molecule has 0 N–H and O–H groups in total. The fourth-order valence-corrected chi connectivity index (χ4v) is 1.85. The Labute approximate surface area is 109 Å². The number of hydrogen-bond donors (Lipinski definition) is 0. The second-order valence-electron chi connectivity index (χ2n) is 3.71. The summed E-state index contributed by atoms with van der Waals surface area (Å²) < 4.78 is 19.1. The van der Waals surface area contributed by atoms with Crippen LogP contribution < -0.4 is 0 Å². The Morgan fingerprint density at radius 2 is 2.24 bits per heavy atom. The zero-order valence-electron chi connectivity index (χ0n) is 9.87. The van der Waals surface area contributed by atoms with E-state index < -0.39 is 0 Å². The molecule has 5 heteroatoms. The maximum atomic E-state index is 13.5. The Morgan fingerprint density at radius 3 is 2.88 bits per heavy atom. The number of likely N-dealkylation sites (N-methyl/N-ethyl adjacent to an activating group) is 1. The first kappa shape index (κ1) is 14.1. The molecule has 1 aromatic rings. The number of hydrogen-bond acceptors (Lipinski definition) is 3. The first-order valence-corrected chi connectivity index (χ1v) is 6.10. The van der Waals surface area contributed by atoms with Gasteiger partial charge in [-0.2, -0.15) is 0 Å². The normalized spacial score (nSPS) is 10.6. The van der Waals surface area contributed by atoms with Crippen LogP contribution in [0.1, 0.15) is 12.5 Å². The predicted octanol–water partition coefficient (Wildman–Crippen LogP) is 2.58. The van der Waals surface area contributed by atoms with Gasteiger partial charge >= 0.3 is 5.97 Å². The van der Waals surface area contributed by atoms with E-state index in [2.05, 4.69) is 15.9 Å². The number of nitrogens with zero attached hydrogens (tertiary/aromatic N) is 1. The third kappa shape index (κ3) is 4.83. The van der Waals surface area contributed by atoms with Crippen molar-refractivity contribution in [1.29, 1.82) is 0 Å². The van der Waals surface area contributed by atoms with Gasteiger partial charge in [0, 0.05) is 16.6 Å². The Bertz CT molecular complexity index is 398. The molecule has 3 nitrogen and oxygen atoms in total. The molecule has 0 spiro atoms. The van der Waals surface area contributed by atoms with Gasteiger partial charge in [0.05, 0.1) is 13.2 Å². The standard InChI is InChI=1S/C12H15BrFNO2/c1-3-17-12(16)8-15(2)7-9-6-10(13)4-5-11(9)14/h4-6H,3,7-8H2,1-2H3. The Kier molecular flexibility index (Phi) is 5.58. The highest BCUT2D eigenvalue weighted by Gasteiger charge is 2.10. The lowest BCUT2D eigenvalue weighted by atomic mass is 10.2. The van der Waals surface area contributed by atoms with E-state index in [1.165, 1.54) is 6.07 Å². The first-order chi connectivity index (χ1) is 8.02. The first-order valence-electron chi connectivity index (χ1n) is 5.31. The Hall–Kier alpha value is -0.940. The van der Waals surface area contributed by atoms with Gasteiger partial charge in [-0.25, -0.2) is 4.39 Å². The molecule has 0 saturated carbocycles. The van der Waals surface area contributed by atoms with E-state index in [9.17, 15) is 9.18 Å². The van der Waals surface area contributed by atoms with Crippen molar-refractivity contribution in [3.63, 3.8) is 0 Å². The maximum absolute atomic E-state index is 13.5. The van der Waals surface area contributed by atoms with E-state index in [1.807, 2.05) is 0 Å². The average molecular weight is 304 g/mol. The van der Waals surface area contributed by atoms with Crippen LogP contribution in [0.3, 0.4) is 0 Å². The molecule has 0 aliphatic rings. The molecule has 0 atom stereocenters. The minimum atomic E-state index is -0.301. The second kappa shape index (κ2) is 6.71. The number of halogens is 2. The molecule has 0 fully saturated rings. The van der Waals surface area contributed by atoms with E-state index >= 15 is 0 Å². The van der Waals surface area contributed by atoms with Crippen molar-refractivity contribution in [2.24, 2.45) is 0 Å². The summed E-state index contributed by atoms with van der Waals surface area (Å²) in [7, 11) is 1.75. The molecule has 17 heavy (non-hydrogen) atoms. The Morgan fingerprint density at radius 1 is 1.53 bits per heavy atom. The molecule has 0 unspecified atom stereocenters. The van der Waals surface area contributed by atoms with E-state index in [0.29, 0.717) is 18.7 Å². The van der Waals surface area contributed by atoms with E-state index in [1.54, 1.807) is 31.0 Å². The van der Waals surface area contributed by atoms with Crippen LogP contribution in [0.15, 0.2) is 22.7 Å². The van der Waals surface area contributed by atoms with E-state index in [4.69, 9.17) is 4.74 Å². The summed E-state index contributed by atoms with van der Waals surface area (Å²) in [6.07, 6.45) is 0. The van der Waals surface area contributed by atoms with Gasteiger partial charge in [0.1, 0.15) is 5.82 Å². The van der Waals surface area contributed by atoms with Crippen LogP contribution in [0.25, 0.3) is 0 Å². The van der Waals surface area contributed by atoms with Gasteiger partial charge in [0.15, 0.2) is 0 Å². The number of esters is 1. The summed E-state index contributed by atoms with van der Waals surface area (Å²) in [5.41, 5.74) is 0.547. The Balaban J connectivity index is 2.58. The van der Waals surface area contributed by atoms with Crippen LogP contribution in [0.4, 0.5) is 4.39 Å². The molecule has 0 heterocycles. The maximum Gasteiger partial charge on any atom is 0.320 e. The van der Waals surface area contributed by atoms with Crippen LogP contribution >= 0.6 is 15.9 Å². The second-order valence-corrected chi connectivity index (χ2v) is 4.63. The quantitative estimate of drug-likeness (QED) is 0.783. The fourth-order valence-electron chi connectivity index (χ4n) is 1.44. The highest BCUT2D eigenvalue weighted by Crippen LogP contribution is 2.16. The molecule has 0 amide bonds. The lowest BCUT2D eigenvalue weighted by Crippen LogP contribution is -2.27. The summed E-state index contributed by atoms with van der Waals surface area (Å²) in [5.74, 6) is -0.575. The molecule has 0 aliphatic heterocycles. The van der Waals surface area contributed by atoms with Crippen molar-refractivity contribution in [3.8, 4) is 0 Å². The molecule has 1 rings (SSSR count). The van der Waals surface area contributed by atoms with Crippen molar-refractivity contribution in [2.45, 2.75) is 13.5 Å². The lowest BCUT2D eigenvalue weighted by Gasteiger charge is -2.16. The van der Waals surface area contributed by atoms with Crippen molar-refractivity contribution in [1.82, 2.24) is 4.90 Å². The van der Waals surface area contributed by atoms with Crippen molar-refractivity contribution >= 4 is 21.9 Å². The summed E-state index contributed by atoms with van der Waals surface area (Å²) >= 11 is 3.29. The average Bonchev–Trinajstić information content (AvgIpc) is 2.23. The molecule has 0 saturated heterocycles. The van der Waals surface area contributed by atoms with Gasteiger partial charge in [-0.1, -0.05) is 15.9 Å². The minimum Gasteiger partial charge on any atom is -0.465 e. The topological polar surface area (TPSA) is 29.5 Å². The van der Waals surface area contributed by atoms with Gasteiger partial charge in [0.2, 0.25) is 0 Å². The third-order valence-corrected chi connectivity index (χ3v) is 2.65. The van der Waals surface area contributed by atoms with Crippen molar-refractivity contribution < 1.29 is 13.9 Å². The molecule has 94 valence electrons. The van der Waals surface area contributed by atoms with Crippen LogP contribution in [-0.4, -0.2) is 31.1 Å². The lowest BCUT2D eigenvalue weighted by molar-refractivity contribution is -0.144. The van der Waals surface area contributed by atoms with E-state index in [-0.39, 0.29) is 18.3 Å². The summed E-state index contributed by atoms with van der Waals surface area (Å²) in [4.78, 5) is 12.9. The molecular weight excluding hydrogens is 289 g/mol. The van der Waals surface area contributed by atoms with Crippen molar-refractivity contribution in [2.75, 3.05) is 20.2 Å². The number of ether oxygens (including phenoxy) is 1. The zero-order chi connectivity index (χ0) is 12.8. The largest absolute Gasteiger partial charge is 0.465 e. The third-order valence-electron chi connectivity index (χ3n) is 2.15. The number of carbonyl (C=O) groups is 1. The highest BCUT2D eigenvalue weighted by molar-refractivity contribution is 9.10. The predicted molar refractivity (Wildman–Crippen MR) is 67.1 cm³/mol. The fraction of sp³-hybridized carbons (Fsp3) is 0.417. The monoisotopic (exact) mass is 303 g/mol. The number of rotatable bonds is 5. The van der Waals surface area contributed by atoms with E-state index in [0.717, 1.165) is 4.47 Å². The van der Waals surface area contributed by atoms with Crippen LogP contribution in [0.2, 0.25) is 0 Å². The van der Waals surface area contributed by atoms with Gasteiger partial charge in [0.25, 0.3) is 0 Å². The molecular formula is C12H15BrFNO2. The SMILES string of the molecule is CCOC(=O)CN(C)Cc1cc(Br)ccc1F.